The molecule has 0 spiro atoms. The molecule has 2 atom stereocenters. The lowest BCUT2D eigenvalue weighted by Gasteiger charge is -2.38. The average Bonchev–Trinajstić information content (AvgIpc) is 2.43. The molecule has 2 rings (SSSR count). The molecule has 1 N–H and O–H groups in total. The van der Waals surface area contributed by atoms with E-state index in [4.69, 9.17) is 4.74 Å². The van der Waals surface area contributed by atoms with Gasteiger partial charge < -0.3 is 15.0 Å². The Labute approximate surface area is 142 Å². The highest BCUT2D eigenvalue weighted by atomic mass is 79.9. The van der Waals surface area contributed by atoms with Gasteiger partial charge in [-0.25, -0.2) is 13.6 Å². The fourth-order valence-electron chi connectivity index (χ4n) is 2.40. The zero-order valence-electron chi connectivity index (χ0n) is 12.2. The Morgan fingerprint density at radius 3 is 2.55 bits per heavy atom. The summed E-state index contributed by atoms with van der Waals surface area (Å²) in [6.45, 7) is 4.69. The number of rotatable bonds is 2. The molecule has 1 fully saturated rings. The quantitative estimate of drug-likeness (QED) is 0.774. The van der Waals surface area contributed by atoms with Crippen molar-refractivity contribution in [2.75, 3.05) is 13.1 Å². The highest BCUT2D eigenvalue weighted by Gasteiger charge is 2.30. The van der Waals surface area contributed by atoms with Gasteiger partial charge in [0.25, 0.3) is 0 Å². The van der Waals surface area contributed by atoms with E-state index in [1.807, 2.05) is 13.8 Å². The van der Waals surface area contributed by atoms with Crippen LogP contribution in [0.4, 0.5) is 13.6 Å². The van der Waals surface area contributed by atoms with Crippen LogP contribution >= 0.6 is 28.3 Å². The summed E-state index contributed by atoms with van der Waals surface area (Å²) in [5.74, 6) is -1.48. The van der Waals surface area contributed by atoms with Crippen LogP contribution in [0.1, 0.15) is 19.4 Å². The molecule has 1 aromatic carbocycles. The van der Waals surface area contributed by atoms with Crippen LogP contribution in [0.5, 0.6) is 0 Å². The van der Waals surface area contributed by atoms with E-state index >= 15 is 0 Å². The van der Waals surface area contributed by atoms with Gasteiger partial charge in [0, 0.05) is 25.2 Å². The first-order chi connectivity index (χ1) is 9.91. The van der Waals surface area contributed by atoms with Gasteiger partial charge in [-0.3, -0.25) is 0 Å². The summed E-state index contributed by atoms with van der Waals surface area (Å²) in [5.41, 5.74) is -0.256. The van der Waals surface area contributed by atoms with E-state index < -0.39 is 24.3 Å². The van der Waals surface area contributed by atoms with Crippen molar-refractivity contribution in [2.45, 2.75) is 32.5 Å². The van der Waals surface area contributed by atoms with Gasteiger partial charge in [0.05, 0.1) is 10.0 Å². The number of piperazine rings is 1. The molecule has 0 aliphatic carbocycles. The van der Waals surface area contributed by atoms with Gasteiger partial charge in [-0.15, -0.1) is 12.4 Å². The van der Waals surface area contributed by atoms with Gasteiger partial charge in [-0.05, 0) is 41.9 Å². The number of carbonyl (C=O) groups excluding carboxylic acids is 1. The van der Waals surface area contributed by atoms with Crippen LogP contribution < -0.4 is 5.32 Å². The second kappa shape index (κ2) is 8.08. The molecule has 1 aromatic rings. The minimum absolute atomic E-state index is 0. The van der Waals surface area contributed by atoms with Crippen LogP contribution in [0.2, 0.25) is 0 Å². The minimum atomic E-state index is -0.746. The van der Waals surface area contributed by atoms with Crippen molar-refractivity contribution >= 4 is 34.4 Å². The normalized spacial score (nSPS) is 21.2. The Hall–Kier alpha value is -0.920. The Kier molecular flexibility index (Phi) is 7.02. The molecular formula is C14H18BrClF2N2O2. The van der Waals surface area contributed by atoms with E-state index in [0.717, 1.165) is 6.07 Å². The lowest BCUT2D eigenvalue weighted by molar-refractivity contribution is 0.0551. The predicted molar refractivity (Wildman–Crippen MR) is 85.1 cm³/mol. The molecular weight excluding hydrogens is 382 g/mol. The number of amides is 1. The molecule has 4 nitrogen and oxygen atoms in total. The van der Waals surface area contributed by atoms with E-state index in [0.29, 0.717) is 13.1 Å². The second-order valence-corrected chi connectivity index (χ2v) is 5.99. The summed E-state index contributed by atoms with van der Waals surface area (Å²) in [5, 5.41) is 3.19. The number of carbonyl (C=O) groups is 1. The van der Waals surface area contributed by atoms with E-state index in [1.54, 1.807) is 4.90 Å². The molecule has 0 aromatic heterocycles. The van der Waals surface area contributed by atoms with Crippen LogP contribution in [-0.2, 0) is 11.3 Å². The summed E-state index contributed by atoms with van der Waals surface area (Å²) < 4.78 is 32.6. The fourth-order valence-corrected chi connectivity index (χ4v) is 2.77. The SMILES string of the molecule is C[C@@H]1CNC[C@H](C)N1C(=O)OCc1c(F)ccc(Br)c1F.Cl. The maximum absolute atomic E-state index is 13.8. The van der Waals surface area contributed by atoms with E-state index in [9.17, 15) is 13.6 Å². The van der Waals surface area contributed by atoms with Gasteiger partial charge in [-0.1, -0.05) is 0 Å². The van der Waals surface area contributed by atoms with E-state index in [1.165, 1.54) is 6.07 Å². The molecule has 0 unspecified atom stereocenters. The third-order valence-electron chi connectivity index (χ3n) is 3.52. The zero-order valence-corrected chi connectivity index (χ0v) is 14.6. The van der Waals surface area contributed by atoms with Crippen LogP contribution in [0.15, 0.2) is 16.6 Å². The van der Waals surface area contributed by atoms with Crippen molar-refractivity contribution in [2.24, 2.45) is 0 Å². The number of hydrogen-bond acceptors (Lipinski definition) is 3. The highest BCUT2D eigenvalue weighted by molar-refractivity contribution is 9.10. The Balaban J connectivity index is 0.00000242. The Morgan fingerprint density at radius 1 is 1.36 bits per heavy atom. The first-order valence-corrected chi connectivity index (χ1v) is 7.49. The van der Waals surface area contributed by atoms with E-state index in [2.05, 4.69) is 21.2 Å². The Bertz CT molecular complexity index is 538. The number of nitrogens with zero attached hydrogens (tertiary/aromatic N) is 1. The molecule has 1 aliphatic rings. The molecule has 1 amide bonds. The van der Waals surface area contributed by atoms with Crippen LogP contribution in [0.25, 0.3) is 0 Å². The van der Waals surface area contributed by atoms with Crippen molar-refractivity contribution < 1.29 is 18.3 Å². The smallest absolute Gasteiger partial charge is 0.410 e. The predicted octanol–water partition coefficient (Wildman–Crippen LogP) is 3.47. The summed E-state index contributed by atoms with van der Waals surface area (Å²) >= 11 is 2.98. The number of hydrogen-bond donors (Lipinski definition) is 1. The highest BCUT2D eigenvalue weighted by Crippen LogP contribution is 2.23. The molecule has 0 radical (unpaired) electrons. The molecule has 1 saturated heterocycles. The number of nitrogens with one attached hydrogen (secondary N) is 1. The average molecular weight is 400 g/mol. The van der Waals surface area contributed by atoms with Gasteiger partial charge in [0.2, 0.25) is 0 Å². The lowest BCUT2D eigenvalue weighted by Crippen LogP contribution is -2.57. The van der Waals surface area contributed by atoms with Gasteiger partial charge in [0.15, 0.2) is 0 Å². The maximum atomic E-state index is 13.8. The Morgan fingerprint density at radius 2 is 1.95 bits per heavy atom. The summed E-state index contributed by atoms with van der Waals surface area (Å²) in [6.07, 6.45) is -0.560. The van der Waals surface area contributed by atoms with Gasteiger partial charge in [0.1, 0.15) is 18.2 Å². The van der Waals surface area contributed by atoms with Crippen molar-refractivity contribution in [3.8, 4) is 0 Å². The topological polar surface area (TPSA) is 41.6 Å². The van der Waals surface area contributed by atoms with Crippen LogP contribution in [0, 0.1) is 11.6 Å². The summed E-state index contributed by atoms with van der Waals surface area (Å²) in [7, 11) is 0. The molecule has 22 heavy (non-hydrogen) atoms. The number of halogens is 4. The second-order valence-electron chi connectivity index (χ2n) is 5.14. The van der Waals surface area contributed by atoms with Crippen molar-refractivity contribution in [3.05, 3.63) is 33.8 Å². The van der Waals surface area contributed by atoms with Crippen LogP contribution in [0.3, 0.4) is 0 Å². The third-order valence-corrected chi connectivity index (χ3v) is 4.13. The van der Waals surface area contributed by atoms with Gasteiger partial charge >= 0.3 is 6.09 Å². The van der Waals surface area contributed by atoms with Crippen molar-refractivity contribution in [1.82, 2.24) is 10.2 Å². The van der Waals surface area contributed by atoms with Crippen molar-refractivity contribution in [3.63, 3.8) is 0 Å². The summed E-state index contributed by atoms with van der Waals surface area (Å²) in [6, 6.07) is 2.35. The molecule has 1 heterocycles. The monoisotopic (exact) mass is 398 g/mol. The standard InChI is InChI=1S/C14H17BrF2N2O2.ClH/c1-8-5-18-6-9(2)19(8)14(20)21-7-10-12(16)4-3-11(15)13(10)17;/h3-4,8-9,18H,5-7H2,1-2H3;1H/t8-,9+;. The molecule has 124 valence electrons. The fraction of sp³-hybridized carbons (Fsp3) is 0.500. The zero-order chi connectivity index (χ0) is 15.6. The lowest BCUT2D eigenvalue weighted by atomic mass is 10.1. The van der Waals surface area contributed by atoms with Gasteiger partial charge in [-0.2, -0.15) is 0 Å². The first-order valence-electron chi connectivity index (χ1n) is 6.70. The van der Waals surface area contributed by atoms with Crippen LogP contribution in [-0.4, -0.2) is 36.2 Å². The maximum Gasteiger partial charge on any atom is 0.410 e. The first kappa shape index (κ1) is 19.1. The number of benzene rings is 1. The number of ether oxygens (including phenoxy) is 1. The molecule has 8 heteroatoms. The van der Waals surface area contributed by atoms with Crippen molar-refractivity contribution in [1.29, 1.82) is 0 Å². The minimum Gasteiger partial charge on any atom is -0.444 e. The molecule has 0 bridgehead atoms. The summed E-state index contributed by atoms with van der Waals surface area (Å²) in [4.78, 5) is 13.7. The largest absolute Gasteiger partial charge is 0.444 e. The molecule has 1 aliphatic heterocycles. The molecule has 0 saturated carbocycles. The van der Waals surface area contributed by atoms with E-state index in [-0.39, 0.29) is 34.5 Å². The third kappa shape index (κ3) is 4.08.